The number of amides is 1. The Labute approximate surface area is 186 Å². The van der Waals surface area contributed by atoms with Crippen LogP contribution in [0, 0.1) is 11.8 Å². The number of hydrogen-bond acceptors (Lipinski definition) is 4. The van der Waals surface area contributed by atoms with Gasteiger partial charge in [0.2, 0.25) is 5.91 Å². The molecule has 6 nitrogen and oxygen atoms in total. The maximum Gasteiger partial charge on any atom is 0.224 e. The van der Waals surface area contributed by atoms with Gasteiger partial charge >= 0.3 is 0 Å². The van der Waals surface area contributed by atoms with Gasteiger partial charge < -0.3 is 14.8 Å². The minimum atomic E-state index is 0.0775. The molecule has 2 fully saturated rings. The molecule has 5 rings (SSSR count). The maximum absolute atomic E-state index is 12.1. The summed E-state index contributed by atoms with van der Waals surface area (Å²) in [5.74, 6) is 2.42. The first-order valence-electron chi connectivity index (χ1n) is 12.3. The van der Waals surface area contributed by atoms with E-state index >= 15 is 0 Å². The van der Waals surface area contributed by atoms with Crippen LogP contribution in [-0.4, -0.2) is 57.5 Å². The monoisotopic (exact) mass is 423 g/mol. The van der Waals surface area contributed by atoms with Crippen LogP contribution in [0.25, 0.3) is 11.0 Å². The number of rotatable bonds is 5. The Balaban J connectivity index is 1.27. The largest absolute Gasteiger partial charge is 0.326 e. The second-order valence-electron chi connectivity index (χ2n) is 10.3. The molecule has 1 amide bonds. The van der Waals surface area contributed by atoms with Crippen molar-refractivity contribution < 1.29 is 4.79 Å². The number of anilines is 1. The number of carbonyl (C=O) groups excluding carboxylic acids is 1. The summed E-state index contributed by atoms with van der Waals surface area (Å²) >= 11 is 0. The van der Waals surface area contributed by atoms with Crippen molar-refractivity contribution in [2.24, 2.45) is 11.8 Å². The van der Waals surface area contributed by atoms with Crippen LogP contribution >= 0.6 is 0 Å². The number of nitrogens with one attached hydrogen (secondary N) is 1. The van der Waals surface area contributed by atoms with E-state index < -0.39 is 0 Å². The fourth-order valence-electron chi connectivity index (χ4n) is 6.01. The summed E-state index contributed by atoms with van der Waals surface area (Å²) in [7, 11) is 0. The molecule has 168 valence electrons. The quantitative estimate of drug-likeness (QED) is 0.787. The maximum atomic E-state index is 12.1. The van der Waals surface area contributed by atoms with Crippen molar-refractivity contribution in [2.75, 3.05) is 31.5 Å². The van der Waals surface area contributed by atoms with Crippen molar-refractivity contribution in [2.45, 2.75) is 71.5 Å². The zero-order valence-electron chi connectivity index (χ0n) is 19.1. The number of fused-ring (bicyclic) bond motifs is 4. The lowest BCUT2D eigenvalue weighted by atomic mass is 9.83. The van der Waals surface area contributed by atoms with Crippen molar-refractivity contribution in [1.29, 1.82) is 0 Å². The van der Waals surface area contributed by atoms with Gasteiger partial charge in [0.1, 0.15) is 5.82 Å². The number of hydrogen-bond donors (Lipinski definition) is 1. The highest BCUT2D eigenvalue weighted by atomic mass is 16.1. The van der Waals surface area contributed by atoms with Crippen LogP contribution in [0.4, 0.5) is 5.69 Å². The molecular weight excluding hydrogens is 386 g/mol. The SMILES string of the molecule is CC(C)CC(=O)Nc1ccc2c(c1)nc1n2CCN(C[C@H]2CCCN3CCCC[C@@H]23)C1. The Morgan fingerprint density at radius 3 is 2.87 bits per heavy atom. The van der Waals surface area contributed by atoms with E-state index in [1.54, 1.807) is 0 Å². The molecule has 0 spiro atoms. The summed E-state index contributed by atoms with van der Waals surface area (Å²) in [6.07, 6.45) is 7.47. The Kier molecular flexibility index (Phi) is 6.02. The number of imidazole rings is 1. The highest BCUT2D eigenvalue weighted by Crippen LogP contribution is 2.32. The minimum absolute atomic E-state index is 0.0775. The minimum Gasteiger partial charge on any atom is -0.326 e. The third-order valence-corrected chi connectivity index (χ3v) is 7.43. The molecule has 2 saturated heterocycles. The summed E-state index contributed by atoms with van der Waals surface area (Å²) in [6, 6.07) is 6.97. The average molecular weight is 424 g/mol. The van der Waals surface area contributed by atoms with E-state index in [9.17, 15) is 4.79 Å². The van der Waals surface area contributed by atoms with E-state index in [1.807, 2.05) is 12.1 Å². The molecule has 2 aromatic rings. The third-order valence-electron chi connectivity index (χ3n) is 7.43. The van der Waals surface area contributed by atoms with Crippen molar-refractivity contribution >= 4 is 22.6 Å². The molecule has 0 saturated carbocycles. The van der Waals surface area contributed by atoms with Gasteiger partial charge in [-0.05, 0) is 68.8 Å². The Morgan fingerprint density at radius 1 is 1.13 bits per heavy atom. The Bertz CT molecular complexity index is 933. The van der Waals surface area contributed by atoms with Gasteiger partial charge in [0, 0.05) is 37.8 Å². The molecule has 1 N–H and O–H groups in total. The molecule has 1 aromatic carbocycles. The second kappa shape index (κ2) is 8.91. The highest BCUT2D eigenvalue weighted by Gasteiger charge is 2.34. The van der Waals surface area contributed by atoms with Gasteiger partial charge in [-0.15, -0.1) is 0 Å². The first kappa shape index (κ1) is 21.0. The van der Waals surface area contributed by atoms with Crippen LogP contribution in [0.15, 0.2) is 18.2 Å². The van der Waals surface area contributed by atoms with Crippen LogP contribution in [0.3, 0.4) is 0 Å². The first-order valence-corrected chi connectivity index (χ1v) is 12.3. The third kappa shape index (κ3) is 4.51. The predicted molar refractivity (Wildman–Crippen MR) is 125 cm³/mol. The molecule has 0 bridgehead atoms. The van der Waals surface area contributed by atoms with Gasteiger partial charge in [-0.3, -0.25) is 9.69 Å². The summed E-state index contributed by atoms with van der Waals surface area (Å²) < 4.78 is 2.37. The average Bonchev–Trinajstić information content (AvgIpc) is 3.10. The molecule has 4 heterocycles. The highest BCUT2D eigenvalue weighted by molar-refractivity contribution is 5.93. The van der Waals surface area contributed by atoms with Crippen molar-refractivity contribution in [3.8, 4) is 0 Å². The number of nitrogens with zero attached hydrogens (tertiary/aromatic N) is 4. The summed E-state index contributed by atoms with van der Waals surface area (Å²) in [5.41, 5.74) is 3.04. The summed E-state index contributed by atoms with van der Waals surface area (Å²) in [6.45, 7) is 11.0. The van der Waals surface area contributed by atoms with Crippen LogP contribution in [0.1, 0.15) is 58.2 Å². The van der Waals surface area contributed by atoms with Crippen LogP contribution < -0.4 is 5.32 Å². The zero-order chi connectivity index (χ0) is 21.4. The second-order valence-corrected chi connectivity index (χ2v) is 10.3. The van der Waals surface area contributed by atoms with Crippen molar-refractivity contribution in [3.63, 3.8) is 0 Å². The van der Waals surface area contributed by atoms with E-state index in [0.717, 1.165) is 42.8 Å². The van der Waals surface area contributed by atoms with Gasteiger partial charge in [-0.25, -0.2) is 4.98 Å². The lowest BCUT2D eigenvalue weighted by Gasteiger charge is -2.46. The molecule has 0 radical (unpaired) electrons. The van der Waals surface area contributed by atoms with Crippen molar-refractivity contribution in [1.82, 2.24) is 19.4 Å². The van der Waals surface area contributed by atoms with Crippen molar-refractivity contribution in [3.05, 3.63) is 24.0 Å². The van der Waals surface area contributed by atoms with Crippen LogP contribution in [0.2, 0.25) is 0 Å². The smallest absolute Gasteiger partial charge is 0.224 e. The molecule has 0 unspecified atom stereocenters. The number of piperidine rings is 2. The summed E-state index contributed by atoms with van der Waals surface area (Å²) in [5, 5.41) is 3.03. The molecule has 31 heavy (non-hydrogen) atoms. The fraction of sp³-hybridized carbons (Fsp3) is 0.680. The molecular formula is C25H37N5O. The van der Waals surface area contributed by atoms with Gasteiger partial charge in [0.15, 0.2) is 0 Å². The summed E-state index contributed by atoms with van der Waals surface area (Å²) in [4.78, 5) is 22.5. The van der Waals surface area contributed by atoms with Gasteiger partial charge in [-0.1, -0.05) is 20.3 Å². The number of aromatic nitrogens is 2. The first-order chi connectivity index (χ1) is 15.1. The zero-order valence-corrected chi connectivity index (χ0v) is 19.1. The molecule has 3 aliphatic heterocycles. The fourth-order valence-corrected chi connectivity index (χ4v) is 6.01. The Morgan fingerprint density at radius 2 is 2.00 bits per heavy atom. The topological polar surface area (TPSA) is 53.4 Å². The van der Waals surface area contributed by atoms with E-state index in [-0.39, 0.29) is 5.91 Å². The molecule has 1 aromatic heterocycles. The van der Waals surface area contributed by atoms with Gasteiger partial charge in [0.25, 0.3) is 0 Å². The van der Waals surface area contributed by atoms with Gasteiger partial charge in [0.05, 0.1) is 17.6 Å². The predicted octanol–water partition coefficient (Wildman–Crippen LogP) is 4.10. The lowest BCUT2D eigenvalue weighted by molar-refractivity contribution is -0.116. The molecule has 0 aliphatic carbocycles. The molecule has 2 atom stereocenters. The lowest BCUT2D eigenvalue weighted by Crippen LogP contribution is -2.51. The van der Waals surface area contributed by atoms with Gasteiger partial charge in [-0.2, -0.15) is 0 Å². The van der Waals surface area contributed by atoms with E-state index in [4.69, 9.17) is 4.98 Å². The van der Waals surface area contributed by atoms with E-state index in [2.05, 4.69) is 39.6 Å². The Hall–Kier alpha value is -1.92. The van der Waals surface area contributed by atoms with E-state index in [1.165, 1.54) is 63.1 Å². The van der Waals surface area contributed by atoms with E-state index in [0.29, 0.717) is 12.3 Å². The standard InChI is InChI=1S/C25H37N5O/c1-18(2)14-25(31)26-20-8-9-23-21(15-20)27-24-17-28(12-13-30(23)24)16-19-6-5-11-29-10-4-3-7-22(19)29/h8-9,15,18-19,22H,3-7,10-14,16-17H2,1-2H3,(H,26,31)/t19-,22+/m1/s1. The normalized spacial score (nSPS) is 24.9. The molecule has 6 heteroatoms. The number of benzene rings is 1. The molecule has 3 aliphatic rings. The van der Waals surface area contributed by atoms with Crippen LogP contribution in [-0.2, 0) is 17.9 Å². The number of carbonyl (C=O) groups is 1. The van der Waals surface area contributed by atoms with Crippen LogP contribution in [0.5, 0.6) is 0 Å².